The second-order valence-corrected chi connectivity index (χ2v) is 8.19. The zero-order valence-corrected chi connectivity index (χ0v) is 18.7. The molecule has 32 heavy (non-hydrogen) atoms. The Kier molecular flexibility index (Phi) is 8.16. The molecule has 166 valence electrons. The van der Waals surface area contributed by atoms with Crippen molar-refractivity contribution in [1.29, 1.82) is 0 Å². The zero-order chi connectivity index (χ0) is 22.9. The maximum Gasteiger partial charge on any atom is 0.254 e. The summed E-state index contributed by atoms with van der Waals surface area (Å²) in [5.74, 6) is -0.147. The van der Waals surface area contributed by atoms with Crippen LogP contribution in [-0.4, -0.2) is 41.8 Å². The van der Waals surface area contributed by atoms with Crippen LogP contribution in [0.4, 0.5) is 4.39 Å². The summed E-state index contributed by atoms with van der Waals surface area (Å²) in [5, 5.41) is 1.95. The summed E-state index contributed by atoms with van der Waals surface area (Å²) >= 11 is 1.55. The lowest BCUT2D eigenvalue weighted by Crippen LogP contribution is -2.42. The molecule has 3 aromatic rings. The van der Waals surface area contributed by atoms with Crippen LogP contribution in [0.5, 0.6) is 5.75 Å². The number of rotatable bonds is 10. The highest BCUT2D eigenvalue weighted by Crippen LogP contribution is 2.17. The molecule has 1 heterocycles. The second-order valence-electron chi connectivity index (χ2n) is 7.16. The van der Waals surface area contributed by atoms with Crippen LogP contribution >= 0.6 is 11.3 Å². The number of methoxy groups -OCH3 is 1. The van der Waals surface area contributed by atoms with Gasteiger partial charge in [-0.3, -0.25) is 9.59 Å². The van der Waals surface area contributed by atoms with Gasteiger partial charge in [-0.1, -0.05) is 24.3 Å². The Hall–Kier alpha value is -3.45. The van der Waals surface area contributed by atoms with Gasteiger partial charge in [0.15, 0.2) is 0 Å². The number of thiophene rings is 1. The monoisotopic (exact) mass is 452 g/mol. The summed E-state index contributed by atoms with van der Waals surface area (Å²) in [6.07, 6.45) is 1.60. The molecular formula is C25H25FN2O3S. The summed E-state index contributed by atoms with van der Waals surface area (Å²) in [6, 6.07) is 16.7. The lowest BCUT2D eigenvalue weighted by Gasteiger charge is -2.27. The minimum absolute atomic E-state index is 0.0938. The SMILES string of the molecule is C=CCN(CC(=O)N(Cc1ccc(F)cc1)Cc1cccs1)C(=O)c1ccc(OC)cc1. The van der Waals surface area contributed by atoms with Crippen LogP contribution in [0.3, 0.4) is 0 Å². The topological polar surface area (TPSA) is 49.9 Å². The average Bonchev–Trinajstić information content (AvgIpc) is 3.32. The van der Waals surface area contributed by atoms with Crippen molar-refractivity contribution < 1.29 is 18.7 Å². The Morgan fingerprint density at radius 1 is 1.03 bits per heavy atom. The summed E-state index contributed by atoms with van der Waals surface area (Å²) in [7, 11) is 1.56. The summed E-state index contributed by atoms with van der Waals surface area (Å²) in [4.78, 5) is 30.5. The van der Waals surface area contributed by atoms with Crippen molar-refractivity contribution in [1.82, 2.24) is 9.80 Å². The Morgan fingerprint density at radius 2 is 1.75 bits per heavy atom. The van der Waals surface area contributed by atoms with Crippen LogP contribution in [0.15, 0.2) is 78.7 Å². The van der Waals surface area contributed by atoms with E-state index in [2.05, 4.69) is 6.58 Å². The molecule has 5 nitrogen and oxygen atoms in total. The van der Waals surface area contributed by atoms with Gasteiger partial charge in [-0.05, 0) is 53.4 Å². The summed E-state index contributed by atoms with van der Waals surface area (Å²) in [5.41, 5.74) is 1.27. The molecule has 0 N–H and O–H groups in total. The number of hydrogen-bond acceptors (Lipinski definition) is 4. The predicted octanol–water partition coefficient (Wildman–Crippen LogP) is 4.75. The Labute approximate surface area is 191 Å². The Morgan fingerprint density at radius 3 is 2.34 bits per heavy atom. The van der Waals surface area contributed by atoms with Crippen molar-refractivity contribution in [3.63, 3.8) is 0 Å². The molecule has 0 aliphatic carbocycles. The zero-order valence-electron chi connectivity index (χ0n) is 17.9. The third-order valence-electron chi connectivity index (χ3n) is 4.87. The second kappa shape index (κ2) is 11.2. The Balaban J connectivity index is 1.77. The number of amides is 2. The van der Waals surface area contributed by atoms with Gasteiger partial charge in [-0.2, -0.15) is 0 Å². The fraction of sp³-hybridized carbons (Fsp3) is 0.200. The van der Waals surface area contributed by atoms with Crippen LogP contribution < -0.4 is 4.74 Å². The van der Waals surface area contributed by atoms with Gasteiger partial charge in [-0.25, -0.2) is 4.39 Å². The molecule has 0 bridgehead atoms. The number of carbonyl (C=O) groups is 2. The van der Waals surface area contributed by atoms with Gasteiger partial charge in [0.1, 0.15) is 18.1 Å². The first-order valence-corrected chi connectivity index (χ1v) is 11.0. The normalized spacial score (nSPS) is 10.4. The van der Waals surface area contributed by atoms with Gasteiger partial charge in [0.2, 0.25) is 5.91 Å². The number of hydrogen-bond donors (Lipinski definition) is 0. The van der Waals surface area contributed by atoms with Crippen LogP contribution in [-0.2, 0) is 17.9 Å². The number of benzene rings is 2. The Bertz CT molecular complexity index is 1030. The minimum Gasteiger partial charge on any atom is -0.497 e. The lowest BCUT2D eigenvalue weighted by atomic mass is 10.1. The predicted molar refractivity (Wildman–Crippen MR) is 124 cm³/mol. The smallest absolute Gasteiger partial charge is 0.254 e. The number of ether oxygens (including phenoxy) is 1. The van der Waals surface area contributed by atoms with Crippen molar-refractivity contribution in [3.8, 4) is 5.75 Å². The highest BCUT2D eigenvalue weighted by Gasteiger charge is 2.22. The van der Waals surface area contributed by atoms with Gasteiger partial charge in [-0.15, -0.1) is 17.9 Å². The average molecular weight is 453 g/mol. The summed E-state index contributed by atoms with van der Waals surface area (Å²) < 4.78 is 18.4. The molecule has 7 heteroatoms. The largest absolute Gasteiger partial charge is 0.497 e. The summed E-state index contributed by atoms with van der Waals surface area (Å²) in [6.45, 7) is 4.59. The quantitative estimate of drug-likeness (QED) is 0.417. The maximum absolute atomic E-state index is 13.3. The van der Waals surface area contributed by atoms with E-state index in [1.54, 1.807) is 65.8 Å². The molecule has 0 aliphatic rings. The molecular weight excluding hydrogens is 427 g/mol. The molecule has 0 unspecified atom stereocenters. The molecule has 0 saturated carbocycles. The lowest BCUT2D eigenvalue weighted by molar-refractivity contribution is -0.133. The molecule has 0 aliphatic heterocycles. The van der Waals surface area contributed by atoms with E-state index < -0.39 is 0 Å². The van der Waals surface area contributed by atoms with Crippen molar-refractivity contribution >= 4 is 23.2 Å². The van der Waals surface area contributed by atoms with Gasteiger partial charge in [0.25, 0.3) is 5.91 Å². The van der Waals surface area contributed by atoms with E-state index in [4.69, 9.17) is 4.74 Å². The first-order chi connectivity index (χ1) is 15.5. The van der Waals surface area contributed by atoms with E-state index in [1.165, 1.54) is 17.0 Å². The highest BCUT2D eigenvalue weighted by atomic mass is 32.1. The van der Waals surface area contributed by atoms with Crippen molar-refractivity contribution in [2.24, 2.45) is 0 Å². The van der Waals surface area contributed by atoms with Crippen LogP contribution in [0.1, 0.15) is 20.8 Å². The molecule has 0 atom stereocenters. The van der Waals surface area contributed by atoms with Crippen LogP contribution in [0.25, 0.3) is 0 Å². The van der Waals surface area contributed by atoms with Gasteiger partial charge < -0.3 is 14.5 Å². The first kappa shape index (κ1) is 23.2. The van der Waals surface area contributed by atoms with Crippen LogP contribution in [0.2, 0.25) is 0 Å². The van der Waals surface area contributed by atoms with E-state index in [0.29, 0.717) is 24.4 Å². The maximum atomic E-state index is 13.3. The van der Waals surface area contributed by atoms with Gasteiger partial charge >= 0.3 is 0 Å². The third-order valence-corrected chi connectivity index (χ3v) is 5.73. The fourth-order valence-corrected chi connectivity index (χ4v) is 3.91. The molecule has 2 amide bonds. The van der Waals surface area contributed by atoms with Crippen LogP contribution in [0, 0.1) is 5.82 Å². The van der Waals surface area contributed by atoms with E-state index in [9.17, 15) is 14.0 Å². The van der Waals surface area contributed by atoms with E-state index in [0.717, 1.165) is 10.4 Å². The van der Waals surface area contributed by atoms with Gasteiger partial charge in [0.05, 0.1) is 13.7 Å². The molecule has 0 fully saturated rings. The third kappa shape index (κ3) is 6.28. The van der Waals surface area contributed by atoms with Crippen molar-refractivity contribution in [3.05, 3.63) is 101 Å². The molecule has 3 rings (SSSR count). The molecule has 0 saturated heterocycles. The van der Waals surface area contributed by atoms with E-state index in [-0.39, 0.29) is 30.7 Å². The molecule has 1 aromatic heterocycles. The first-order valence-electron chi connectivity index (χ1n) is 10.1. The number of nitrogens with zero attached hydrogens (tertiary/aromatic N) is 2. The van der Waals surface area contributed by atoms with E-state index in [1.807, 2.05) is 17.5 Å². The molecule has 0 radical (unpaired) electrons. The van der Waals surface area contributed by atoms with Crippen molar-refractivity contribution in [2.45, 2.75) is 13.1 Å². The minimum atomic E-state index is -0.327. The van der Waals surface area contributed by atoms with Crippen molar-refractivity contribution in [2.75, 3.05) is 20.2 Å². The number of halogens is 1. The number of carbonyl (C=O) groups excluding carboxylic acids is 2. The standard InChI is InChI=1S/C25H25FN2O3S/c1-3-14-27(25(30)20-8-12-22(31-2)13-9-20)18-24(29)28(17-23-5-4-15-32-23)16-19-6-10-21(26)11-7-19/h3-13,15H,1,14,16-18H2,2H3. The molecule has 2 aromatic carbocycles. The van der Waals surface area contributed by atoms with E-state index >= 15 is 0 Å². The fourth-order valence-electron chi connectivity index (χ4n) is 3.19. The molecule has 0 spiro atoms. The highest BCUT2D eigenvalue weighted by molar-refractivity contribution is 7.09. The van der Waals surface area contributed by atoms with Gasteiger partial charge in [0, 0.05) is 23.5 Å².